The Morgan fingerprint density at radius 1 is 0.968 bits per heavy atom. The zero-order valence-corrected chi connectivity index (χ0v) is 37.0. The first-order chi connectivity index (χ1) is 29.7. The van der Waals surface area contributed by atoms with Crippen LogP contribution >= 0.6 is 0 Å². The SMILES string of the molecule is CCCCC(O)C(O)C=CC1=C(CC(O)CO)C(CCC(O)C2NC(C)CCCC2CC(=O)O)NC(C(C)(O)C(CCCO)c2ccc(O)cc2)CC#Cc2ccccc2CC1. The van der Waals surface area contributed by atoms with Crippen LogP contribution in [0.15, 0.2) is 71.8 Å². The summed E-state index contributed by atoms with van der Waals surface area (Å²) in [5.41, 5.74) is 2.44. The van der Waals surface area contributed by atoms with Crippen molar-refractivity contribution in [2.75, 3.05) is 13.2 Å². The minimum Gasteiger partial charge on any atom is -0.508 e. The van der Waals surface area contributed by atoms with Gasteiger partial charge in [0.2, 0.25) is 0 Å². The van der Waals surface area contributed by atoms with Crippen LogP contribution in [0.1, 0.15) is 133 Å². The van der Waals surface area contributed by atoms with E-state index >= 15 is 0 Å². The number of aromatic hydroxyl groups is 1. The molecule has 12 nitrogen and oxygen atoms in total. The van der Waals surface area contributed by atoms with Gasteiger partial charge in [-0.25, -0.2) is 0 Å². The van der Waals surface area contributed by atoms with Gasteiger partial charge in [0.05, 0.1) is 36.6 Å². The number of unbranched alkanes of at least 4 members (excludes halogenated alkanes) is 1. The van der Waals surface area contributed by atoms with Crippen molar-refractivity contribution >= 4 is 5.97 Å². The van der Waals surface area contributed by atoms with Crippen LogP contribution in [0, 0.1) is 17.8 Å². The molecule has 2 aliphatic heterocycles. The number of phenolic OH excluding ortho intramolecular Hbond substituents is 1. The maximum Gasteiger partial charge on any atom is 0.303 e. The van der Waals surface area contributed by atoms with Crippen LogP contribution in [0.2, 0.25) is 0 Å². The van der Waals surface area contributed by atoms with E-state index in [-0.39, 0.29) is 56.4 Å². The first-order valence-corrected chi connectivity index (χ1v) is 22.8. The van der Waals surface area contributed by atoms with Gasteiger partial charge in [-0.2, -0.15) is 0 Å². The molecule has 62 heavy (non-hydrogen) atoms. The van der Waals surface area contributed by atoms with Gasteiger partial charge in [-0.1, -0.05) is 80.5 Å². The van der Waals surface area contributed by atoms with Gasteiger partial charge in [0.25, 0.3) is 0 Å². The van der Waals surface area contributed by atoms with E-state index in [0.717, 1.165) is 47.9 Å². The Morgan fingerprint density at radius 2 is 1.71 bits per heavy atom. The van der Waals surface area contributed by atoms with Gasteiger partial charge in [-0.15, -0.1) is 0 Å². The molecule has 2 aromatic carbocycles. The van der Waals surface area contributed by atoms with Crippen molar-refractivity contribution in [1.29, 1.82) is 0 Å². The number of hydrogen-bond donors (Lipinski definition) is 11. The number of benzene rings is 2. The van der Waals surface area contributed by atoms with Crippen LogP contribution in [0.4, 0.5) is 0 Å². The molecular weight excluding hydrogens is 789 g/mol. The summed E-state index contributed by atoms with van der Waals surface area (Å²) in [7, 11) is 0. The minimum atomic E-state index is -1.54. The van der Waals surface area contributed by atoms with E-state index in [1.165, 1.54) is 0 Å². The lowest BCUT2D eigenvalue weighted by Gasteiger charge is -2.42. The molecule has 2 heterocycles. The summed E-state index contributed by atoms with van der Waals surface area (Å²) >= 11 is 0. The van der Waals surface area contributed by atoms with Crippen molar-refractivity contribution in [1.82, 2.24) is 10.6 Å². The van der Waals surface area contributed by atoms with Crippen LogP contribution in [0.25, 0.3) is 0 Å². The Bertz CT molecular complexity index is 1790. The first-order valence-electron chi connectivity index (χ1n) is 22.8. The highest BCUT2D eigenvalue weighted by Crippen LogP contribution is 2.38. The summed E-state index contributed by atoms with van der Waals surface area (Å²) < 4.78 is 0. The zero-order valence-electron chi connectivity index (χ0n) is 37.0. The van der Waals surface area contributed by atoms with E-state index in [0.29, 0.717) is 44.1 Å². The average molecular weight is 863 g/mol. The van der Waals surface area contributed by atoms with Crippen LogP contribution in [-0.4, -0.2) is 119 Å². The normalized spacial score (nSPS) is 24.8. The quantitative estimate of drug-likeness (QED) is 0.0748. The third-order valence-corrected chi connectivity index (χ3v) is 13.0. The van der Waals surface area contributed by atoms with Crippen molar-refractivity contribution in [3.63, 3.8) is 0 Å². The maximum absolute atomic E-state index is 12.9. The minimum absolute atomic E-state index is 0.00681. The van der Waals surface area contributed by atoms with Crippen molar-refractivity contribution < 1.29 is 50.8 Å². The monoisotopic (exact) mass is 863 g/mol. The molecule has 11 N–H and O–H groups in total. The highest BCUT2D eigenvalue weighted by Gasteiger charge is 2.42. The second-order valence-corrected chi connectivity index (χ2v) is 17.8. The fourth-order valence-corrected chi connectivity index (χ4v) is 9.36. The smallest absolute Gasteiger partial charge is 0.303 e. The van der Waals surface area contributed by atoms with Gasteiger partial charge in [-0.3, -0.25) is 4.79 Å². The number of phenols is 1. The molecule has 4 rings (SSSR count). The van der Waals surface area contributed by atoms with E-state index in [1.54, 1.807) is 43.3 Å². The largest absolute Gasteiger partial charge is 0.508 e. The Hall–Kier alpha value is -3.61. The van der Waals surface area contributed by atoms with Crippen LogP contribution in [0.5, 0.6) is 5.75 Å². The number of aliphatic hydroxyl groups is 7. The molecule has 0 amide bonds. The van der Waals surface area contributed by atoms with E-state index in [1.807, 2.05) is 38.1 Å². The number of aryl methyl sites for hydroxylation is 1. The summed E-state index contributed by atoms with van der Waals surface area (Å²) in [6.45, 7) is 5.15. The van der Waals surface area contributed by atoms with E-state index in [2.05, 4.69) is 22.5 Å². The third-order valence-electron chi connectivity index (χ3n) is 13.0. The molecule has 0 saturated carbocycles. The topological polar surface area (TPSA) is 223 Å². The number of carboxylic acids is 1. The fourth-order valence-electron chi connectivity index (χ4n) is 9.36. The summed E-state index contributed by atoms with van der Waals surface area (Å²) in [4.78, 5) is 12.0. The van der Waals surface area contributed by atoms with Crippen molar-refractivity contribution in [2.24, 2.45) is 5.92 Å². The number of carboxylic acid groups (broad SMARTS) is 1. The highest BCUT2D eigenvalue weighted by molar-refractivity contribution is 5.67. The molecule has 1 saturated heterocycles. The standard InChI is InChI=1S/C50H74N2O10/c1-4-5-17-44(57)45(58)27-23-36-20-19-35-13-7-6-12-34(35)14-9-18-47(50(3,62)42(16-10-29-53)37-21-24-39(55)25-22-37)52-43(41(36)31-40(56)32-54)26-28-46(59)49-38(30-48(60)61)15-8-11-33(2)51-49/h6-7,12-13,21-25,27,33,38,40,42-47,49,51-59,62H,4-5,8,10-11,15-20,26,28-32H2,1-3H3,(H,60,61). The molecular formula is C50H74N2O10. The van der Waals surface area contributed by atoms with Gasteiger partial charge < -0.3 is 56.6 Å². The van der Waals surface area contributed by atoms with Gasteiger partial charge >= 0.3 is 5.97 Å². The molecule has 0 aliphatic carbocycles. The summed E-state index contributed by atoms with van der Waals surface area (Å²) in [6, 6.07) is 12.6. The number of aliphatic hydroxyl groups excluding tert-OH is 6. The molecule has 0 aromatic heterocycles. The number of allylic oxidation sites excluding steroid dienone is 2. The molecule has 11 unspecified atom stereocenters. The summed E-state index contributed by atoms with van der Waals surface area (Å²) in [6.07, 6.45) is 5.73. The third kappa shape index (κ3) is 15.3. The van der Waals surface area contributed by atoms with E-state index in [9.17, 15) is 50.8 Å². The second-order valence-electron chi connectivity index (χ2n) is 17.8. The van der Waals surface area contributed by atoms with Gasteiger partial charge in [0.15, 0.2) is 0 Å². The van der Waals surface area contributed by atoms with Gasteiger partial charge in [-0.05, 0) is 124 Å². The number of nitrogens with one attached hydrogen (secondary N) is 2. The predicted molar refractivity (Wildman–Crippen MR) is 241 cm³/mol. The Labute approximate surface area is 368 Å². The summed E-state index contributed by atoms with van der Waals surface area (Å²) in [5.74, 6) is 5.01. The molecule has 0 radical (unpaired) electrons. The van der Waals surface area contributed by atoms with Crippen LogP contribution < -0.4 is 10.6 Å². The number of aliphatic carboxylic acids is 1. The number of carbonyl (C=O) groups is 1. The summed E-state index contributed by atoms with van der Waals surface area (Å²) in [5, 5.41) is 106. The molecule has 0 spiro atoms. The zero-order chi connectivity index (χ0) is 45.2. The molecule has 344 valence electrons. The molecule has 0 bridgehead atoms. The van der Waals surface area contributed by atoms with Crippen molar-refractivity contribution in [3.8, 4) is 17.6 Å². The lowest BCUT2D eigenvalue weighted by molar-refractivity contribution is -0.138. The van der Waals surface area contributed by atoms with Crippen molar-refractivity contribution in [2.45, 2.75) is 177 Å². The molecule has 12 heteroatoms. The Kier molecular flexibility index (Phi) is 21.1. The van der Waals surface area contributed by atoms with Crippen LogP contribution in [0.3, 0.4) is 0 Å². The van der Waals surface area contributed by atoms with Crippen molar-refractivity contribution in [3.05, 3.63) is 88.5 Å². The molecule has 11 atom stereocenters. The Balaban J connectivity index is 1.93. The second kappa shape index (κ2) is 25.6. The fraction of sp³-hybridized carbons (Fsp3) is 0.620. The molecule has 2 aliphatic rings. The lowest BCUT2D eigenvalue weighted by Crippen LogP contribution is -2.56. The number of hydrogen-bond acceptors (Lipinski definition) is 11. The van der Waals surface area contributed by atoms with Gasteiger partial charge in [0.1, 0.15) is 5.75 Å². The number of rotatable bonds is 21. The molecule has 1 fully saturated rings. The lowest BCUT2D eigenvalue weighted by atomic mass is 9.74. The van der Waals surface area contributed by atoms with Crippen LogP contribution in [-0.2, 0) is 11.2 Å². The van der Waals surface area contributed by atoms with Gasteiger partial charge in [0, 0.05) is 55.1 Å². The van der Waals surface area contributed by atoms with E-state index < -0.39 is 66.6 Å². The first kappa shape index (κ1) is 51.0. The highest BCUT2D eigenvalue weighted by atomic mass is 16.4. The van der Waals surface area contributed by atoms with E-state index in [4.69, 9.17) is 0 Å². The average Bonchev–Trinajstić information content (AvgIpc) is 3.43. The number of fused-ring (bicyclic) bond motifs is 1. The molecule has 2 aromatic rings. The maximum atomic E-state index is 12.9. The Morgan fingerprint density at radius 3 is 2.40 bits per heavy atom. The predicted octanol–water partition coefficient (Wildman–Crippen LogP) is 4.98.